The second-order valence-electron chi connectivity index (χ2n) is 3.29. The highest BCUT2D eigenvalue weighted by Crippen LogP contribution is 1.90. The fraction of sp³-hybridized carbons (Fsp3) is 0.267. The van der Waals surface area contributed by atoms with Crippen LogP contribution in [0.5, 0.6) is 0 Å². The second-order valence-corrected chi connectivity index (χ2v) is 3.29. The summed E-state index contributed by atoms with van der Waals surface area (Å²) in [6.45, 7) is 5.79. The van der Waals surface area contributed by atoms with Crippen LogP contribution >= 0.6 is 0 Å². The molecule has 0 fully saturated rings. The molecule has 2 heteroatoms. The summed E-state index contributed by atoms with van der Waals surface area (Å²) in [4.78, 5) is 11.1. The molecule has 0 aliphatic heterocycles. The Morgan fingerprint density at radius 3 is 2.41 bits per heavy atom. The highest BCUT2D eigenvalue weighted by atomic mass is 16.5. The van der Waals surface area contributed by atoms with E-state index in [1.165, 1.54) is 6.08 Å². The minimum Gasteiger partial charge on any atom is -0.458 e. The van der Waals surface area contributed by atoms with Crippen LogP contribution in [0.1, 0.15) is 20.8 Å². The number of ether oxygens (including phenoxy) is 1. The predicted molar refractivity (Wildman–Crippen MR) is 69.9 cm³/mol. The number of hydrogen-bond acceptors (Lipinski definition) is 2. The van der Waals surface area contributed by atoms with Crippen molar-refractivity contribution < 1.29 is 9.53 Å². The van der Waals surface area contributed by atoms with Crippen LogP contribution in [0.2, 0.25) is 0 Å². The Hall–Kier alpha value is -2.19. The lowest BCUT2D eigenvalue weighted by atomic mass is 10.3. The molecule has 0 unspecified atom stereocenters. The average molecular weight is 228 g/mol. The third-order valence-electron chi connectivity index (χ3n) is 1.39. The number of hydrogen-bond donors (Lipinski definition) is 0. The van der Waals surface area contributed by atoms with Crippen LogP contribution < -0.4 is 0 Å². The molecule has 0 aliphatic rings. The molecule has 0 radical (unpaired) electrons. The van der Waals surface area contributed by atoms with Gasteiger partial charge in [-0.25, -0.2) is 4.79 Å². The maximum Gasteiger partial charge on any atom is 0.330 e. The first kappa shape index (κ1) is 14.8. The second kappa shape index (κ2) is 10.3. The van der Waals surface area contributed by atoms with E-state index in [1.54, 1.807) is 18.2 Å². The molecule has 0 aliphatic carbocycles. The summed E-state index contributed by atoms with van der Waals surface area (Å²) in [6.07, 6.45) is 8.29. The van der Waals surface area contributed by atoms with E-state index in [1.807, 2.05) is 26.8 Å². The fourth-order valence-electron chi connectivity index (χ4n) is 0.753. The van der Waals surface area contributed by atoms with Crippen LogP contribution in [0.15, 0.2) is 36.0 Å². The summed E-state index contributed by atoms with van der Waals surface area (Å²) in [7, 11) is 0. The molecule has 0 atom stereocenters. The van der Waals surface area contributed by atoms with Gasteiger partial charge in [0, 0.05) is 6.08 Å². The van der Waals surface area contributed by atoms with Crippen molar-refractivity contribution in [2.45, 2.75) is 20.8 Å². The van der Waals surface area contributed by atoms with Gasteiger partial charge < -0.3 is 4.74 Å². The van der Waals surface area contributed by atoms with Crippen molar-refractivity contribution in [3.63, 3.8) is 0 Å². The lowest BCUT2D eigenvalue weighted by molar-refractivity contribution is -0.136. The molecule has 88 valence electrons. The summed E-state index contributed by atoms with van der Waals surface area (Å²) >= 11 is 0. The molecule has 0 saturated heterocycles. The van der Waals surface area contributed by atoms with E-state index < -0.39 is 0 Å². The van der Waals surface area contributed by atoms with Gasteiger partial charge in [-0.05, 0) is 50.8 Å². The summed E-state index contributed by atoms with van der Waals surface area (Å²) < 4.78 is 4.88. The average Bonchev–Trinajstić information content (AvgIpc) is 2.26. The van der Waals surface area contributed by atoms with E-state index in [0.717, 1.165) is 5.57 Å². The summed E-state index contributed by atoms with van der Waals surface area (Å²) in [5, 5.41) is 0. The summed E-state index contributed by atoms with van der Waals surface area (Å²) in [5.41, 5.74) is 0.915. The first-order valence-corrected chi connectivity index (χ1v) is 5.25. The maximum absolute atomic E-state index is 11.1. The molecule has 0 spiro atoms. The van der Waals surface area contributed by atoms with Crippen molar-refractivity contribution in [1.29, 1.82) is 0 Å². The third kappa shape index (κ3) is 11.7. The van der Waals surface area contributed by atoms with Crippen molar-refractivity contribution in [3.05, 3.63) is 36.0 Å². The highest BCUT2D eigenvalue weighted by Gasteiger charge is 1.93. The van der Waals surface area contributed by atoms with Crippen LogP contribution in [0.25, 0.3) is 0 Å². The lowest BCUT2D eigenvalue weighted by Crippen LogP contribution is -2.00. The van der Waals surface area contributed by atoms with E-state index in [9.17, 15) is 4.79 Å². The first-order chi connectivity index (χ1) is 8.16. The van der Waals surface area contributed by atoms with Crippen molar-refractivity contribution in [2.24, 2.45) is 0 Å². The quantitative estimate of drug-likeness (QED) is 0.421. The molecule has 0 aromatic rings. The SMILES string of the molecule is C/C=C/C#CC#C/C=C\COC(=O)C=C(C)C. The largest absolute Gasteiger partial charge is 0.458 e. The third-order valence-corrected chi connectivity index (χ3v) is 1.39. The number of carbonyl (C=O) groups excluding carboxylic acids is 1. The number of rotatable bonds is 3. The minimum atomic E-state index is -0.338. The standard InChI is InChI=1S/C15H16O2/c1-4-5-6-7-8-9-10-11-12-17-15(16)13-14(2)3/h4-5,10-11,13H,12H2,1-3H3/b5-4+,11-10-. The van der Waals surface area contributed by atoms with Gasteiger partial charge in [0.25, 0.3) is 0 Å². The van der Waals surface area contributed by atoms with Gasteiger partial charge in [0.1, 0.15) is 6.61 Å². The van der Waals surface area contributed by atoms with E-state index in [-0.39, 0.29) is 12.6 Å². The van der Waals surface area contributed by atoms with Gasteiger partial charge >= 0.3 is 5.97 Å². The lowest BCUT2D eigenvalue weighted by Gasteiger charge is -1.95. The summed E-state index contributed by atoms with van der Waals surface area (Å²) in [6, 6.07) is 0. The van der Waals surface area contributed by atoms with E-state index >= 15 is 0 Å². The Morgan fingerprint density at radius 2 is 1.82 bits per heavy atom. The molecule has 0 aromatic carbocycles. The molecule has 0 aromatic heterocycles. The predicted octanol–water partition coefficient (Wildman–Crippen LogP) is 2.63. The van der Waals surface area contributed by atoms with Crippen molar-refractivity contribution in [2.75, 3.05) is 6.61 Å². The zero-order valence-corrected chi connectivity index (χ0v) is 10.4. The van der Waals surface area contributed by atoms with Gasteiger partial charge in [0.2, 0.25) is 0 Å². The van der Waals surface area contributed by atoms with Crippen LogP contribution in [0, 0.1) is 23.7 Å². The Labute approximate surface area is 103 Å². The molecule has 0 bridgehead atoms. The number of esters is 1. The van der Waals surface area contributed by atoms with Crippen LogP contribution in [-0.4, -0.2) is 12.6 Å². The Morgan fingerprint density at radius 1 is 1.18 bits per heavy atom. The van der Waals surface area contributed by atoms with Gasteiger partial charge in [0.05, 0.1) is 0 Å². The number of carbonyl (C=O) groups is 1. The molecule has 0 saturated carbocycles. The zero-order valence-electron chi connectivity index (χ0n) is 10.4. The molecule has 0 N–H and O–H groups in total. The molecule has 0 amide bonds. The molecule has 2 nitrogen and oxygen atoms in total. The van der Waals surface area contributed by atoms with E-state index in [0.29, 0.717) is 0 Å². The molecule has 0 rings (SSSR count). The van der Waals surface area contributed by atoms with Crippen molar-refractivity contribution in [3.8, 4) is 23.7 Å². The van der Waals surface area contributed by atoms with Gasteiger partial charge in [-0.2, -0.15) is 0 Å². The van der Waals surface area contributed by atoms with Crippen LogP contribution in [0.4, 0.5) is 0 Å². The topological polar surface area (TPSA) is 26.3 Å². The molecular formula is C15H16O2. The fourth-order valence-corrected chi connectivity index (χ4v) is 0.753. The molecular weight excluding hydrogens is 212 g/mol. The monoisotopic (exact) mass is 228 g/mol. The van der Waals surface area contributed by atoms with E-state index in [4.69, 9.17) is 4.74 Å². The minimum absolute atomic E-state index is 0.222. The van der Waals surface area contributed by atoms with Crippen molar-refractivity contribution >= 4 is 5.97 Å². The normalized spacial score (nSPS) is 9.12. The van der Waals surface area contributed by atoms with Crippen molar-refractivity contribution in [1.82, 2.24) is 0 Å². The van der Waals surface area contributed by atoms with E-state index in [2.05, 4.69) is 23.7 Å². The first-order valence-electron chi connectivity index (χ1n) is 5.25. The van der Waals surface area contributed by atoms with Crippen LogP contribution in [-0.2, 0) is 9.53 Å². The molecule has 0 heterocycles. The van der Waals surface area contributed by atoms with Gasteiger partial charge in [0.15, 0.2) is 0 Å². The Bertz CT molecular complexity index is 439. The maximum atomic E-state index is 11.1. The van der Waals surface area contributed by atoms with Gasteiger partial charge in [-0.3, -0.25) is 0 Å². The zero-order chi connectivity index (χ0) is 12.9. The number of allylic oxidation sites excluding steroid dienone is 4. The van der Waals surface area contributed by atoms with Gasteiger partial charge in [-0.15, -0.1) is 0 Å². The van der Waals surface area contributed by atoms with Crippen LogP contribution in [0.3, 0.4) is 0 Å². The smallest absolute Gasteiger partial charge is 0.330 e. The highest BCUT2D eigenvalue weighted by molar-refractivity contribution is 5.82. The summed E-state index contributed by atoms with van der Waals surface area (Å²) in [5.74, 6) is 10.4. The molecule has 17 heavy (non-hydrogen) atoms. The Balaban J connectivity index is 3.88. The van der Waals surface area contributed by atoms with Gasteiger partial charge in [-0.1, -0.05) is 23.5 Å². The Kier molecular flexibility index (Phi) is 9.00.